The summed E-state index contributed by atoms with van der Waals surface area (Å²) in [6, 6.07) is 6.81. The van der Waals surface area contributed by atoms with E-state index in [2.05, 4.69) is 4.98 Å². The van der Waals surface area contributed by atoms with E-state index in [0.29, 0.717) is 10.7 Å². The molecule has 0 aliphatic rings. The van der Waals surface area contributed by atoms with Crippen molar-refractivity contribution >= 4 is 22.4 Å². The summed E-state index contributed by atoms with van der Waals surface area (Å²) in [4.78, 5) is 3.91. The molecule has 1 aromatic carbocycles. The Morgan fingerprint density at radius 3 is 2.65 bits per heavy atom. The zero-order valence-electron chi connectivity index (χ0n) is 8.76. The number of pyridine rings is 1. The predicted molar refractivity (Wildman–Crippen MR) is 61.1 cm³/mol. The number of aromatic nitrogens is 1. The average molecular weight is 260 g/mol. The van der Waals surface area contributed by atoms with Crippen molar-refractivity contribution in [2.24, 2.45) is 0 Å². The van der Waals surface area contributed by atoms with Gasteiger partial charge in [-0.3, -0.25) is 0 Å². The summed E-state index contributed by atoms with van der Waals surface area (Å²) in [7, 11) is 0. The molecule has 90 valence electrons. The third kappa shape index (κ3) is 3.09. The number of rotatable bonds is 2. The highest BCUT2D eigenvalue weighted by Gasteiger charge is 2.26. The van der Waals surface area contributed by atoms with Crippen molar-refractivity contribution < 1.29 is 13.2 Å². The molecule has 0 unspecified atom stereocenters. The molecular formula is C12H9ClF3N. The zero-order chi connectivity index (χ0) is 12.5. The van der Waals surface area contributed by atoms with E-state index < -0.39 is 12.6 Å². The van der Waals surface area contributed by atoms with Crippen molar-refractivity contribution in [3.05, 3.63) is 41.2 Å². The van der Waals surface area contributed by atoms with E-state index in [1.807, 2.05) is 0 Å². The number of halogens is 4. The minimum atomic E-state index is -4.12. The monoisotopic (exact) mass is 259 g/mol. The van der Waals surface area contributed by atoms with E-state index in [-0.39, 0.29) is 6.42 Å². The molecule has 0 saturated heterocycles. The molecule has 0 aliphatic carbocycles. The number of hydrogen-bond acceptors (Lipinski definition) is 1. The van der Waals surface area contributed by atoms with Crippen LogP contribution in [-0.2, 0) is 6.42 Å². The summed E-state index contributed by atoms with van der Waals surface area (Å²) in [6.07, 6.45) is -3.40. The summed E-state index contributed by atoms with van der Waals surface area (Å²) in [6.45, 7) is 0. The van der Waals surface area contributed by atoms with Crippen LogP contribution in [0.4, 0.5) is 13.2 Å². The molecule has 1 heterocycles. The maximum atomic E-state index is 12.1. The number of alkyl halides is 3. The normalized spacial score (nSPS) is 12.0. The molecule has 0 aliphatic heterocycles. The topological polar surface area (TPSA) is 12.9 Å². The maximum absolute atomic E-state index is 12.1. The van der Waals surface area contributed by atoms with Crippen LogP contribution in [0.3, 0.4) is 0 Å². The molecule has 0 radical (unpaired) electrons. The zero-order valence-corrected chi connectivity index (χ0v) is 9.52. The van der Waals surface area contributed by atoms with Gasteiger partial charge in [0.25, 0.3) is 0 Å². The minimum absolute atomic E-state index is 0.0145. The van der Waals surface area contributed by atoms with Gasteiger partial charge in [0.2, 0.25) is 0 Å². The summed E-state index contributed by atoms with van der Waals surface area (Å²) < 4.78 is 36.3. The first-order chi connectivity index (χ1) is 7.96. The second kappa shape index (κ2) is 4.53. The number of fused-ring (bicyclic) bond motifs is 1. The Morgan fingerprint density at radius 1 is 1.18 bits per heavy atom. The smallest absolute Gasteiger partial charge is 0.244 e. The van der Waals surface area contributed by atoms with Gasteiger partial charge in [-0.15, -0.1) is 0 Å². The molecule has 5 heteroatoms. The summed E-state index contributed by atoms with van der Waals surface area (Å²) >= 11 is 5.87. The van der Waals surface area contributed by atoms with Gasteiger partial charge in [-0.2, -0.15) is 13.2 Å². The highest BCUT2D eigenvalue weighted by atomic mass is 35.5. The molecule has 0 fully saturated rings. The van der Waals surface area contributed by atoms with Gasteiger partial charge in [0.1, 0.15) is 5.15 Å². The molecular weight excluding hydrogens is 251 g/mol. The minimum Gasteiger partial charge on any atom is -0.244 e. The lowest BCUT2D eigenvalue weighted by Crippen LogP contribution is -2.08. The molecule has 1 nitrogen and oxygen atoms in total. The maximum Gasteiger partial charge on any atom is 0.389 e. The van der Waals surface area contributed by atoms with E-state index in [9.17, 15) is 13.2 Å². The van der Waals surface area contributed by atoms with Gasteiger partial charge in [0, 0.05) is 18.0 Å². The van der Waals surface area contributed by atoms with Crippen LogP contribution in [-0.4, -0.2) is 11.2 Å². The van der Waals surface area contributed by atoms with Crippen LogP contribution in [0.1, 0.15) is 12.0 Å². The molecule has 2 rings (SSSR count). The van der Waals surface area contributed by atoms with Crippen LogP contribution in [0.5, 0.6) is 0 Å². The molecule has 0 saturated carbocycles. The third-order valence-corrected chi connectivity index (χ3v) is 2.78. The number of nitrogens with zero attached hydrogens (tertiary/aromatic N) is 1. The molecule has 1 aromatic heterocycles. The third-order valence-electron chi connectivity index (χ3n) is 2.48. The van der Waals surface area contributed by atoms with E-state index in [1.54, 1.807) is 24.3 Å². The quantitative estimate of drug-likeness (QED) is 0.729. The van der Waals surface area contributed by atoms with Crippen LogP contribution in [0.25, 0.3) is 10.8 Å². The summed E-state index contributed by atoms with van der Waals surface area (Å²) in [5.41, 5.74) is 0.650. The van der Waals surface area contributed by atoms with E-state index in [0.717, 1.165) is 10.8 Å². The molecule has 0 spiro atoms. The van der Waals surface area contributed by atoms with Crippen molar-refractivity contribution in [1.82, 2.24) is 4.98 Å². The van der Waals surface area contributed by atoms with Gasteiger partial charge >= 0.3 is 6.18 Å². The standard InChI is InChI=1S/C12H9ClF3N/c13-11-10-2-1-8(3-5-12(14,15)16)7-9(10)4-6-17-11/h1-2,4,6-7H,3,5H2. The van der Waals surface area contributed by atoms with Crippen molar-refractivity contribution in [2.75, 3.05) is 0 Å². The van der Waals surface area contributed by atoms with E-state index in [1.165, 1.54) is 6.20 Å². The van der Waals surface area contributed by atoms with Crippen molar-refractivity contribution in [3.63, 3.8) is 0 Å². The van der Waals surface area contributed by atoms with Crippen LogP contribution in [0.2, 0.25) is 5.15 Å². The number of aryl methyl sites for hydroxylation is 1. The molecule has 0 bridgehead atoms. The molecule has 0 atom stereocenters. The first kappa shape index (κ1) is 12.2. The Hall–Kier alpha value is -1.29. The fourth-order valence-corrected chi connectivity index (χ4v) is 1.86. The summed E-state index contributed by atoms with van der Waals surface area (Å²) in [5.74, 6) is 0. The second-order valence-corrected chi connectivity index (χ2v) is 4.13. The Balaban J connectivity index is 2.26. The second-order valence-electron chi connectivity index (χ2n) is 3.77. The number of hydrogen-bond donors (Lipinski definition) is 0. The predicted octanol–water partition coefficient (Wildman–Crippen LogP) is 4.38. The fraction of sp³-hybridized carbons (Fsp3) is 0.250. The first-order valence-corrected chi connectivity index (χ1v) is 5.43. The highest BCUT2D eigenvalue weighted by Crippen LogP contribution is 2.25. The van der Waals surface area contributed by atoms with Crippen molar-refractivity contribution in [2.45, 2.75) is 19.0 Å². The van der Waals surface area contributed by atoms with Gasteiger partial charge in [-0.05, 0) is 23.4 Å². The van der Waals surface area contributed by atoms with Gasteiger partial charge in [0.15, 0.2) is 0 Å². The molecule has 17 heavy (non-hydrogen) atoms. The Morgan fingerprint density at radius 2 is 1.94 bits per heavy atom. The van der Waals surface area contributed by atoms with Gasteiger partial charge in [-0.25, -0.2) is 4.98 Å². The van der Waals surface area contributed by atoms with Crippen LogP contribution >= 0.6 is 11.6 Å². The Labute approximate surface area is 101 Å². The van der Waals surface area contributed by atoms with Crippen molar-refractivity contribution in [3.8, 4) is 0 Å². The van der Waals surface area contributed by atoms with Crippen LogP contribution in [0, 0.1) is 0 Å². The first-order valence-electron chi connectivity index (χ1n) is 5.05. The molecule has 2 aromatic rings. The lowest BCUT2D eigenvalue weighted by Gasteiger charge is -2.07. The van der Waals surface area contributed by atoms with Gasteiger partial charge in [0.05, 0.1) is 0 Å². The van der Waals surface area contributed by atoms with E-state index in [4.69, 9.17) is 11.6 Å². The largest absolute Gasteiger partial charge is 0.389 e. The SMILES string of the molecule is FC(F)(F)CCc1ccc2c(Cl)nccc2c1. The highest BCUT2D eigenvalue weighted by molar-refractivity contribution is 6.34. The molecule has 0 amide bonds. The lowest BCUT2D eigenvalue weighted by atomic mass is 10.1. The summed E-state index contributed by atoms with van der Waals surface area (Å²) in [5, 5.41) is 1.93. The Kier molecular flexibility index (Phi) is 3.24. The van der Waals surface area contributed by atoms with E-state index >= 15 is 0 Å². The number of benzene rings is 1. The fourth-order valence-electron chi connectivity index (χ4n) is 1.63. The van der Waals surface area contributed by atoms with Crippen molar-refractivity contribution in [1.29, 1.82) is 0 Å². The van der Waals surface area contributed by atoms with Crippen LogP contribution in [0.15, 0.2) is 30.5 Å². The van der Waals surface area contributed by atoms with Gasteiger partial charge in [-0.1, -0.05) is 29.8 Å². The Bertz CT molecular complexity index is 537. The lowest BCUT2D eigenvalue weighted by molar-refractivity contribution is -0.133. The van der Waals surface area contributed by atoms with Crippen LogP contribution < -0.4 is 0 Å². The molecule has 0 N–H and O–H groups in total. The van der Waals surface area contributed by atoms with Gasteiger partial charge < -0.3 is 0 Å². The average Bonchev–Trinajstić information content (AvgIpc) is 2.26.